The van der Waals surface area contributed by atoms with E-state index in [1.165, 1.54) is 5.56 Å². The highest BCUT2D eigenvalue weighted by Gasteiger charge is 2.24. The van der Waals surface area contributed by atoms with Gasteiger partial charge in [0.15, 0.2) is 0 Å². The summed E-state index contributed by atoms with van der Waals surface area (Å²) in [4.78, 5) is 0. The molecule has 3 heteroatoms. The number of rotatable bonds is 7. The Morgan fingerprint density at radius 3 is 2.24 bits per heavy atom. The summed E-state index contributed by atoms with van der Waals surface area (Å²) >= 11 is 5.91. The fourth-order valence-corrected chi connectivity index (χ4v) is 3.35. The van der Waals surface area contributed by atoms with Gasteiger partial charge in [-0.15, -0.1) is 0 Å². The molecule has 25 heavy (non-hydrogen) atoms. The minimum atomic E-state index is 0.0957. The molecule has 0 amide bonds. The van der Waals surface area contributed by atoms with Crippen LogP contribution in [0.2, 0.25) is 5.02 Å². The summed E-state index contributed by atoms with van der Waals surface area (Å²) < 4.78 is 5.91. The smallest absolute Gasteiger partial charge is 0.120 e. The molecule has 2 aromatic rings. The summed E-state index contributed by atoms with van der Waals surface area (Å²) in [6.45, 7) is 12.7. The quantitative estimate of drug-likeness (QED) is 0.633. The first-order valence-electron chi connectivity index (χ1n) is 8.84. The third-order valence-electron chi connectivity index (χ3n) is 3.96. The molecule has 2 rings (SSSR count). The van der Waals surface area contributed by atoms with Crippen LogP contribution in [0.1, 0.15) is 52.2 Å². The van der Waals surface area contributed by atoms with E-state index in [0.29, 0.717) is 12.0 Å². The van der Waals surface area contributed by atoms with Crippen molar-refractivity contribution in [3.8, 4) is 5.75 Å². The lowest BCUT2D eigenvalue weighted by molar-refractivity contribution is 0.240. The standard InChI is InChI=1S/C22H30ClNO/c1-21(2,3)16-22(4,5)24-14-18-7-6-8-20(13-18)25-15-17-9-11-19(23)12-10-17/h6-13,24H,14-16H2,1-5H3. The fraction of sp³-hybridized carbons (Fsp3) is 0.455. The zero-order valence-corrected chi connectivity index (χ0v) is 16.8. The molecule has 1 N–H and O–H groups in total. The van der Waals surface area contributed by atoms with Gasteiger partial charge in [0.25, 0.3) is 0 Å². The number of ether oxygens (including phenoxy) is 1. The first kappa shape index (κ1) is 19.8. The van der Waals surface area contributed by atoms with Crippen LogP contribution in [0.3, 0.4) is 0 Å². The zero-order chi connectivity index (χ0) is 18.5. The van der Waals surface area contributed by atoms with E-state index in [4.69, 9.17) is 16.3 Å². The van der Waals surface area contributed by atoms with Crippen LogP contribution in [0.4, 0.5) is 0 Å². The average Bonchev–Trinajstić information content (AvgIpc) is 2.51. The Hall–Kier alpha value is -1.51. The number of hydrogen-bond donors (Lipinski definition) is 1. The molecule has 0 heterocycles. The van der Waals surface area contributed by atoms with Crippen molar-refractivity contribution in [2.45, 2.75) is 59.7 Å². The first-order valence-corrected chi connectivity index (χ1v) is 9.22. The van der Waals surface area contributed by atoms with E-state index in [0.717, 1.165) is 29.3 Å². The summed E-state index contributed by atoms with van der Waals surface area (Å²) in [5.41, 5.74) is 2.74. The van der Waals surface area contributed by atoms with Crippen molar-refractivity contribution in [1.82, 2.24) is 5.32 Å². The van der Waals surface area contributed by atoms with Crippen molar-refractivity contribution in [2.75, 3.05) is 0 Å². The van der Waals surface area contributed by atoms with Crippen LogP contribution in [0.15, 0.2) is 48.5 Å². The van der Waals surface area contributed by atoms with Gasteiger partial charge in [-0.05, 0) is 61.1 Å². The van der Waals surface area contributed by atoms with E-state index >= 15 is 0 Å². The van der Waals surface area contributed by atoms with Crippen LogP contribution in [0.25, 0.3) is 0 Å². The monoisotopic (exact) mass is 359 g/mol. The Kier molecular flexibility index (Phi) is 6.53. The Labute approximate surface area is 157 Å². The van der Waals surface area contributed by atoms with Crippen molar-refractivity contribution < 1.29 is 4.74 Å². The summed E-state index contributed by atoms with van der Waals surface area (Å²) in [5, 5.41) is 4.41. The van der Waals surface area contributed by atoms with E-state index in [-0.39, 0.29) is 5.54 Å². The van der Waals surface area contributed by atoms with Gasteiger partial charge in [0.1, 0.15) is 12.4 Å². The average molecular weight is 360 g/mol. The van der Waals surface area contributed by atoms with Crippen molar-refractivity contribution in [3.63, 3.8) is 0 Å². The minimum Gasteiger partial charge on any atom is -0.489 e. The summed E-state index contributed by atoms with van der Waals surface area (Å²) in [6, 6.07) is 16.0. The molecule has 0 unspecified atom stereocenters. The van der Waals surface area contributed by atoms with Crippen molar-refractivity contribution in [3.05, 3.63) is 64.7 Å². The molecule has 2 aromatic carbocycles. The predicted molar refractivity (Wildman–Crippen MR) is 107 cm³/mol. The SMILES string of the molecule is CC(C)(C)CC(C)(C)NCc1cccc(OCc2ccc(Cl)cc2)c1. The third kappa shape index (κ3) is 7.50. The summed E-state index contributed by atoms with van der Waals surface area (Å²) in [7, 11) is 0. The van der Waals surface area contributed by atoms with Crippen LogP contribution >= 0.6 is 11.6 Å². The first-order chi connectivity index (χ1) is 11.6. The molecule has 0 fully saturated rings. The maximum absolute atomic E-state index is 5.91. The van der Waals surface area contributed by atoms with E-state index in [9.17, 15) is 0 Å². The number of nitrogens with one attached hydrogen (secondary N) is 1. The van der Waals surface area contributed by atoms with E-state index in [2.05, 4.69) is 52.1 Å². The van der Waals surface area contributed by atoms with Gasteiger partial charge >= 0.3 is 0 Å². The molecule has 0 saturated carbocycles. The van der Waals surface area contributed by atoms with Crippen molar-refractivity contribution in [2.24, 2.45) is 5.41 Å². The van der Waals surface area contributed by atoms with Gasteiger partial charge < -0.3 is 10.1 Å². The molecule has 0 saturated heterocycles. The van der Waals surface area contributed by atoms with Crippen LogP contribution < -0.4 is 10.1 Å². The van der Waals surface area contributed by atoms with Gasteiger partial charge in [-0.3, -0.25) is 0 Å². The maximum Gasteiger partial charge on any atom is 0.120 e. The number of benzene rings is 2. The molecule has 0 bridgehead atoms. The van der Waals surface area contributed by atoms with Crippen LogP contribution in [0, 0.1) is 5.41 Å². The van der Waals surface area contributed by atoms with Crippen molar-refractivity contribution in [1.29, 1.82) is 0 Å². The highest BCUT2D eigenvalue weighted by atomic mass is 35.5. The molecule has 0 aromatic heterocycles. The Morgan fingerprint density at radius 2 is 1.60 bits per heavy atom. The minimum absolute atomic E-state index is 0.0957. The predicted octanol–water partition coefficient (Wildman–Crippen LogP) is 6.22. The molecule has 0 aliphatic carbocycles. The van der Waals surface area contributed by atoms with Gasteiger partial charge in [0.05, 0.1) is 0 Å². The van der Waals surface area contributed by atoms with Gasteiger partial charge in [-0.1, -0.05) is 56.6 Å². The van der Waals surface area contributed by atoms with Crippen LogP contribution in [-0.2, 0) is 13.2 Å². The maximum atomic E-state index is 5.91. The van der Waals surface area contributed by atoms with E-state index in [1.807, 2.05) is 36.4 Å². The zero-order valence-electron chi connectivity index (χ0n) is 16.0. The molecular formula is C22H30ClNO. The topological polar surface area (TPSA) is 21.3 Å². The molecule has 0 atom stereocenters. The Morgan fingerprint density at radius 1 is 0.920 bits per heavy atom. The molecule has 2 nitrogen and oxygen atoms in total. The largest absolute Gasteiger partial charge is 0.489 e. The number of hydrogen-bond acceptors (Lipinski definition) is 2. The Balaban J connectivity index is 1.91. The molecule has 136 valence electrons. The van der Waals surface area contributed by atoms with Gasteiger partial charge in [0, 0.05) is 17.1 Å². The van der Waals surface area contributed by atoms with Gasteiger partial charge in [-0.25, -0.2) is 0 Å². The normalized spacial score (nSPS) is 12.2. The molecular weight excluding hydrogens is 330 g/mol. The Bertz CT molecular complexity index is 671. The second-order valence-electron chi connectivity index (χ2n) is 8.54. The lowest BCUT2D eigenvalue weighted by atomic mass is 9.82. The van der Waals surface area contributed by atoms with E-state index in [1.54, 1.807) is 0 Å². The second kappa shape index (κ2) is 8.25. The van der Waals surface area contributed by atoms with Gasteiger partial charge in [-0.2, -0.15) is 0 Å². The molecule has 0 aliphatic heterocycles. The van der Waals surface area contributed by atoms with Crippen molar-refractivity contribution >= 4 is 11.6 Å². The fourth-order valence-electron chi connectivity index (χ4n) is 3.22. The summed E-state index contributed by atoms with van der Waals surface area (Å²) in [6.07, 6.45) is 1.12. The number of halogens is 1. The molecule has 0 radical (unpaired) electrons. The van der Waals surface area contributed by atoms with Crippen LogP contribution in [0.5, 0.6) is 5.75 Å². The lowest BCUT2D eigenvalue weighted by Crippen LogP contribution is -2.41. The van der Waals surface area contributed by atoms with Crippen LogP contribution in [-0.4, -0.2) is 5.54 Å². The highest BCUT2D eigenvalue weighted by Crippen LogP contribution is 2.27. The highest BCUT2D eigenvalue weighted by molar-refractivity contribution is 6.30. The lowest BCUT2D eigenvalue weighted by Gasteiger charge is -2.33. The molecule has 0 spiro atoms. The van der Waals surface area contributed by atoms with E-state index < -0.39 is 0 Å². The second-order valence-corrected chi connectivity index (χ2v) is 8.97. The molecule has 0 aliphatic rings. The summed E-state index contributed by atoms with van der Waals surface area (Å²) in [5.74, 6) is 0.892. The third-order valence-corrected chi connectivity index (χ3v) is 4.21. The van der Waals surface area contributed by atoms with Gasteiger partial charge in [0.2, 0.25) is 0 Å².